The van der Waals surface area contributed by atoms with Crippen molar-refractivity contribution in [2.75, 3.05) is 6.61 Å². The lowest BCUT2D eigenvalue weighted by Gasteiger charge is -2.18. The first kappa shape index (κ1) is 19.1. The quantitative estimate of drug-likeness (QED) is 0.530. The maximum absolute atomic E-state index is 13.5. The van der Waals surface area contributed by atoms with Crippen molar-refractivity contribution in [3.63, 3.8) is 0 Å². The van der Waals surface area contributed by atoms with Crippen LogP contribution in [0, 0.1) is 6.92 Å². The fraction of sp³-hybridized carbons (Fsp3) is 0.154. The van der Waals surface area contributed by atoms with E-state index in [2.05, 4.69) is 0 Å². The van der Waals surface area contributed by atoms with Crippen LogP contribution >= 0.6 is 0 Å². The van der Waals surface area contributed by atoms with Crippen LogP contribution < -0.4 is 10.3 Å². The van der Waals surface area contributed by atoms with Crippen LogP contribution in [0.15, 0.2) is 71.5 Å². The number of carboxylic acids is 1. The number of aromatic carboxylic acids is 1. The molecule has 0 amide bonds. The minimum absolute atomic E-state index is 0.00560. The van der Waals surface area contributed by atoms with Gasteiger partial charge in [-0.25, -0.2) is 4.79 Å². The third-order valence-corrected chi connectivity index (χ3v) is 5.79. The Morgan fingerprint density at radius 3 is 2.61 bits per heavy atom. The number of rotatable bonds is 4. The highest BCUT2D eigenvalue weighted by Crippen LogP contribution is 2.32. The van der Waals surface area contributed by atoms with E-state index in [9.17, 15) is 14.7 Å². The monoisotopic (exact) mass is 411 g/mol. The predicted molar refractivity (Wildman–Crippen MR) is 120 cm³/mol. The van der Waals surface area contributed by atoms with Crippen molar-refractivity contribution in [2.24, 2.45) is 0 Å². The highest BCUT2D eigenvalue weighted by Gasteiger charge is 2.23. The molecule has 0 fully saturated rings. The second kappa shape index (κ2) is 7.43. The summed E-state index contributed by atoms with van der Waals surface area (Å²) in [6, 6.07) is 20.8. The molecule has 0 saturated carbocycles. The van der Waals surface area contributed by atoms with Crippen LogP contribution in [0.3, 0.4) is 0 Å². The zero-order valence-corrected chi connectivity index (χ0v) is 17.1. The molecule has 5 nitrogen and oxygen atoms in total. The van der Waals surface area contributed by atoms with Crippen LogP contribution in [-0.4, -0.2) is 22.2 Å². The number of hydrogen-bond donors (Lipinski definition) is 1. The third kappa shape index (κ3) is 3.28. The lowest BCUT2D eigenvalue weighted by molar-refractivity contribution is 0.0685. The number of hydrogen-bond acceptors (Lipinski definition) is 3. The smallest absolute Gasteiger partial charge is 0.353 e. The molecule has 0 radical (unpaired) electrons. The summed E-state index contributed by atoms with van der Waals surface area (Å²) in [6.45, 7) is 2.76. The summed E-state index contributed by atoms with van der Waals surface area (Å²) in [5.41, 5.74) is 3.97. The lowest BCUT2D eigenvalue weighted by atomic mass is 9.95. The summed E-state index contributed by atoms with van der Waals surface area (Å²) in [7, 11) is 0. The van der Waals surface area contributed by atoms with Crippen LogP contribution in [-0.2, 0) is 13.0 Å². The topological polar surface area (TPSA) is 68.5 Å². The van der Waals surface area contributed by atoms with Gasteiger partial charge in [0.2, 0.25) is 0 Å². The Morgan fingerprint density at radius 1 is 1.03 bits per heavy atom. The predicted octanol–water partition coefficient (Wildman–Crippen LogP) is 4.66. The fourth-order valence-electron chi connectivity index (χ4n) is 4.35. The van der Waals surface area contributed by atoms with E-state index < -0.39 is 5.97 Å². The van der Waals surface area contributed by atoms with Gasteiger partial charge in [0.1, 0.15) is 11.4 Å². The molecule has 1 N–H and O–H groups in total. The molecular formula is C26H21NO4. The zero-order chi connectivity index (χ0) is 21.5. The molecule has 0 atom stereocenters. The van der Waals surface area contributed by atoms with E-state index in [4.69, 9.17) is 4.74 Å². The molecule has 0 spiro atoms. The van der Waals surface area contributed by atoms with Gasteiger partial charge in [0.15, 0.2) is 0 Å². The van der Waals surface area contributed by atoms with Gasteiger partial charge < -0.3 is 9.84 Å². The van der Waals surface area contributed by atoms with E-state index in [-0.39, 0.29) is 17.8 Å². The van der Waals surface area contributed by atoms with Crippen molar-refractivity contribution in [2.45, 2.75) is 19.9 Å². The first-order valence-corrected chi connectivity index (χ1v) is 10.2. The SMILES string of the molecule is Cc1ccc2c(=O)n(Cc3ccc4c(c3)CCO4)c(C(=O)O)c(-c3ccccc3)c2c1. The molecule has 1 aliphatic rings. The number of nitrogens with zero attached hydrogens (tertiary/aromatic N) is 1. The minimum atomic E-state index is -1.12. The van der Waals surface area contributed by atoms with Gasteiger partial charge in [-0.1, -0.05) is 60.2 Å². The summed E-state index contributed by atoms with van der Waals surface area (Å²) in [5.74, 6) is -0.266. The standard InChI is InChI=1S/C26H21NO4/c1-16-7-9-20-21(13-16)23(18-5-3-2-4-6-18)24(26(29)30)27(25(20)28)15-17-8-10-22-19(14-17)11-12-31-22/h2-10,13-14H,11-12,15H2,1H3,(H,29,30). The molecule has 0 saturated heterocycles. The van der Waals surface area contributed by atoms with Crippen LogP contribution in [0.1, 0.15) is 27.2 Å². The fourth-order valence-corrected chi connectivity index (χ4v) is 4.35. The second-order valence-electron chi connectivity index (χ2n) is 7.88. The minimum Gasteiger partial charge on any atom is -0.493 e. The summed E-state index contributed by atoms with van der Waals surface area (Å²) in [5, 5.41) is 11.4. The first-order chi connectivity index (χ1) is 15.0. The van der Waals surface area contributed by atoms with Gasteiger partial charge in [0.25, 0.3) is 5.56 Å². The Labute approximate surface area is 179 Å². The summed E-state index contributed by atoms with van der Waals surface area (Å²) >= 11 is 0. The van der Waals surface area contributed by atoms with Gasteiger partial charge >= 0.3 is 5.97 Å². The van der Waals surface area contributed by atoms with Crippen LogP contribution in [0.4, 0.5) is 0 Å². The van der Waals surface area contributed by atoms with E-state index in [1.807, 2.05) is 67.6 Å². The molecule has 3 aromatic carbocycles. The number of pyridine rings is 1. The highest BCUT2D eigenvalue weighted by atomic mass is 16.5. The molecule has 5 heteroatoms. The average molecular weight is 411 g/mol. The number of fused-ring (bicyclic) bond motifs is 2. The number of carboxylic acid groups (broad SMARTS) is 1. The zero-order valence-electron chi connectivity index (χ0n) is 17.1. The van der Waals surface area contributed by atoms with Gasteiger partial charge in [0.05, 0.1) is 13.2 Å². The van der Waals surface area contributed by atoms with Crippen molar-refractivity contribution in [1.82, 2.24) is 4.57 Å². The molecular weight excluding hydrogens is 390 g/mol. The van der Waals surface area contributed by atoms with Gasteiger partial charge in [0, 0.05) is 17.4 Å². The molecule has 0 bridgehead atoms. The number of aromatic nitrogens is 1. The Morgan fingerprint density at radius 2 is 1.84 bits per heavy atom. The molecule has 0 aliphatic carbocycles. The number of carbonyl (C=O) groups is 1. The normalized spacial score (nSPS) is 12.5. The molecule has 154 valence electrons. The van der Waals surface area contributed by atoms with Crippen molar-refractivity contribution < 1.29 is 14.6 Å². The molecule has 4 aromatic rings. The Hall–Kier alpha value is -3.86. The Bertz CT molecular complexity index is 1390. The lowest BCUT2D eigenvalue weighted by Crippen LogP contribution is -2.28. The number of aryl methyl sites for hydroxylation is 1. The van der Waals surface area contributed by atoms with Crippen molar-refractivity contribution >= 4 is 16.7 Å². The highest BCUT2D eigenvalue weighted by molar-refractivity contribution is 6.06. The van der Waals surface area contributed by atoms with Crippen molar-refractivity contribution in [1.29, 1.82) is 0 Å². The van der Waals surface area contributed by atoms with Gasteiger partial charge in [-0.3, -0.25) is 9.36 Å². The molecule has 1 aliphatic heterocycles. The van der Waals surface area contributed by atoms with E-state index in [1.54, 1.807) is 6.07 Å². The molecule has 2 heterocycles. The van der Waals surface area contributed by atoms with Crippen LogP contribution in [0.25, 0.3) is 21.9 Å². The molecule has 0 unspecified atom stereocenters. The second-order valence-corrected chi connectivity index (χ2v) is 7.88. The molecule has 31 heavy (non-hydrogen) atoms. The van der Waals surface area contributed by atoms with E-state index in [1.165, 1.54) is 4.57 Å². The van der Waals surface area contributed by atoms with Crippen LogP contribution in [0.5, 0.6) is 5.75 Å². The Kier molecular flexibility index (Phi) is 4.59. The van der Waals surface area contributed by atoms with E-state index in [0.29, 0.717) is 22.9 Å². The van der Waals surface area contributed by atoms with Gasteiger partial charge in [-0.05, 0) is 41.1 Å². The van der Waals surface area contributed by atoms with Crippen molar-refractivity contribution in [3.05, 3.63) is 99.5 Å². The Balaban J connectivity index is 1.81. The van der Waals surface area contributed by atoms with E-state index >= 15 is 0 Å². The summed E-state index contributed by atoms with van der Waals surface area (Å²) in [6.07, 6.45) is 0.816. The largest absolute Gasteiger partial charge is 0.493 e. The maximum Gasteiger partial charge on any atom is 0.353 e. The van der Waals surface area contributed by atoms with E-state index in [0.717, 1.165) is 34.4 Å². The van der Waals surface area contributed by atoms with Crippen LogP contribution in [0.2, 0.25) is 0 Å². The van der Waals surface area contributed by atoms with Crippen molar-refractivity contribution in [3.8, 4) is 16.9 Å². The number of ether oxygens (including phenoxy) is 1. The first-order valence-electron chi connectivity index (χ1n) is 10.2. The van der Waals surface area contributed by atoms with Gasteiger partial charge in [-0.2, -0.15) is 0 Å². The molecule has 5 rings (SSSR count). The molecule has 1 aromatic heterocycles. The third-order valence-electron chi connectivity index (χ3n) is 5.79. The number of benzene rings is 3. The van der Waals surface area contributed by atoms with Gasteiger partial charge in [-0.15, -0.1) is 0 Å². The summed E-state index contributed by atoms with van der Waals surface area (Å²) < 4.78 is 6.96. The maximum atomic E-state index is 13.5. The average Bonchev–Trinajstić information content (AvgIpc) is 3.23. The summed E-state index contributed by atoms with van der Waals surface area (Å²) in [4.78, 5) is 26.0.